The van der Waals surface area contributed by atoms with Crippen molar-refractivity contribution in [2.75, 3.05) is 20.3 Å². The van der Waals surface area contributed by atoms with E-state index in [1.54, 1.807) is 18.1 Å². The fourth-order valence-corrected chi connectivity index (χ4v) is 6.13. The van der Waals surface area contributed by atoms with Gasteiger partial charge in [-0.15, -0.1) is 0 Å². The van der Waals surface area contributed by atoms with Crippen LogP contribution in [-0.4, -0.2) is 76.9 Å². The lowest BCUT2D eigenvalue weighted by molar-refractivity contribution is -0.137. The van der Waals surface area contributed by atoms with Gasteiger partial charge in [-0.05, 0) is 62.6 Å². The topological polar surface area (TPSA) is 141 Å². The number of carbonyl (C=O) groups excluding carboxylic acids is 4. The van der Waals surface area contributed by atoms with Gasteiger partial charge in [0.25, 0.3) is 5.91 Å². The number of fused-ring (bicyclic) bond motifs is 4. The number of piperidine rings is 2. The molecule has 4 heterocycles. The lowest BCUT2D eigenvalue weighted by Crippen LogP contribution is -2.64. The highest BCUT2D eigenvalue weighted by molar-refractivity contribution is 6.02. The number of methoxy groups -OCH3 is 1. The Kier molecular flexibility index (Phi) is 6.70. The first-order chi connectivity index (χ1) is 17.4. The molecule has 4 N–H and O–H groups in total. The van der Waals surface area contributed by atoms with E-state index in [0.717, 1.165) is 36.6 Å². The third kappa shape index (κ3) is 4.34. The summed E-state index contributed by atoms with van der Waals surface area (Å²) in [5, 5.41) is 15.8. The number of amides is 3. The molecule has 6 rings (SSSR count). The molecule has 3 unspecified atom stereocenters. The number of H-pyrrole nitrogens is 1. The van der Waals surface area contributed by atoms with Gasteiger partial charge in [0.15, 0.2) is 5.78 Å². The molecule has 3 saturated heterocycles. The number of nitrogens with zero attached hydrogens (tertiary/aromatic N) is 1. The fourth-order valence-electron chi connectivity index (χ4n) is 6.13. The highest BCUT2D eigenvalue weighted by Gasteiger charge is 2.48. The summed E-state index contributed by atoms with van der Waals surface area (Å²) in [5.74, 6) is -1.12. The van der Waals surface area contributed by atoms with Crippen LogP contribution in [0.3, 0.4) is 0 Å². The van der Waals surface area contributed by atoms with Crippen molar-refractivity contribution in [2.45, 2.75) is 56.7 Å². The number of ether oxygens (including phenoxy) is 1. The Labute approximate surface area is 208 Å². The molecule has 3 atom stereocenters. The lowest BCUT2D eigenvalue weighted by atomic mass is 9.74. The van der Waals surface area contributed by atoms with Crippen LogP contribution in [0.5, 0.6) is 5.75 Å². The smallest absolute Gasteiger partial charge is 0.271 e. The molecule has 10 nitrogen and oxygen atoms in total. The molecule has 4 aliphatic rings. The zero-order valence-corrected chi connectivity index (χ0v) is 20.3. The maximum Gasteiger partial charge on any atom is 0.271 e. The van der Waals surface area contributed by atoms with Crippen molar-refractivity contribution in [1.82, 2.24) is 20.5 Å². The molecular weight excluding hydrogens is 464 g/mol. The van der Waals surface area contributed by atoms with E-state index in [-0.39, 0.29) is 30.2 Å². The second kappa shape index (κ2) is 9.93. The number of carbonyl (C=O) groups is 4. The van der Waals surface area contributed by atoms with E-state index >= 15 is 0 Å². The van der Waals surface area contributed by atoms with Gasteiger partial charge >= 0.3 is 0 Å². The molecule has 0 spiro atoms. The number of aromatic amines is 1. The van der Waals surface area contributed by atoms with Crippen molar-refractivity contribution in [3.8, 4) is 5.75 Å². The van der Waals surface area contributed by atoms with Crippen LogP contribution >= 0.6 is 0 Å². The van der Waals surface area contributed by atoms with Gasteiger partial charge in [0, 0.05) is 29.4 Å². The monoisotopic (exact) mass is 496 g/mol. The summed E-state index contributed by atoms with van der Waals surface area (Å²) in [6, 6.07) is 5.52. The Balaban J connectivity index is 1.40. The van der Waals surface area contributed by atoms with Gasteiger partial charge in [-0.3, -0.25) is 19.2 Å². The second-order valence-corrected chi connectivity index (χ2v) is 10.0. The molecule has 4 fully saturated rings. The standard InChI is InChI=1S/C26H32N4O6/c1-36-22-4-2-3-18-17(22)12-20(28-18)26(35)30-16-7-5-14(6-8-16)23(30)25(34)29-19(21(32)13-31)11-15-9-10-27-24(15)33/h2-4,12,14-16,19,23,28,31H,5-11,13H2,1H3,(H,27,33)(H,29,34). The van der Waals surface area contributed by atoms with Crippen LogP contribution in [-0.2, 0) is 14.4 Å². The van der Waals surface area contributed by atoms with Gasteiger partial charge in [0.05, 0.1) is 13.2 Å². The molecule has 1 aromatic heterocycles. The molecule has 3 amide bonds. The minimum absolute atomic E-state index is 0.0162. The van der Waals surface area contributed by atoms with E-state index in [1.165, 1.54) is 0 Å². The first-order valence-corrected chi connectivity index (χ1v) is 12.6. The minimum Gasteiger partial charge on any atom is -0.496 e. The average Bonchev–Trinajstić information content (AvgIpc) is 3.53. The molecule has 10 heteroatoms. The summed E-state index contributed by atoms with van der Waals surface area (Å²) < 4.78 is 5.42. The van der Waals surface area contributed by atoms with Crippen molar-refractivity contribution in [3.63, 3.8) is 0 Å². The SMILES string of the molecule is COc1cccc2[nH]c(C(=O)N3C4CCC(CC4)C3C(=O)NC(CC3CCNC3=O)C(=O)CO)cc12. The lowest BCUT2D eigenvalue weighted by Gasteiger charge is -2.50. The number of Topliss-reactive ketones (excluding diaryl/α,β-unsaturated/α-hetero) is 1. The first kappa shape index (κ1) is 24.3. The van der Waals surface area contributed by atoms with Crippen LogP contribution in [0.1, 0.15) is 49.0 Å². The van der Waals surface area contributed by atoms with E-state index in [9.17, 15) is 24.3 Å². The molecule has 0 radical (unpaired) electrons. The van der Waals surface area contributed by atoms with Crippen LogP contribution in [0.15, 0.2) is 24.3 Å². The number of ketones is 1. The van der Waals surface area contributed by atoms with Crippen LogP contribution in [0.25, 0.3) is 10.9 Å². The van der Waals surface area contributed by atoms with Gasteiger partial charge < -0.3 is 30.4 Å². The van der Waals surface area contributed by atoms with Crippen LogP contribution in [0.4, 0.5) is 0 Å². The zero-order valence-electron chi connectivity index (χ0n) is 20.3. The average molecular weight is 497 g/mol. The third-order valence-electron chi connectivity index (χ3n) is 8.00. The van der Waals surface area contributed by atoms with E-state index in [2.05, 4.69) is 15.6 Å². The number of aromatic nitrogens is 1. The van der Waals surface area contributed by atoms with Gasteiger partial charge in [-0.2, -0.15) is 0 Å². The molecule has 3 aliphatic heterocycles. The third-order valence-corrected chi connectivity index (χ3v) is 8.00. The fraction of sp³-hybridized carbons (Fsp3) is 0.538. The Morgan fingerprint density at radius 1 is 1.19 bits per heavy atom. The predicted molar refractivity (Wildman–Crippen MR) is 130 cm³/mol. The van der Waals surface area contributed by atoms with Crippen LogP contribution in [0.2, 0.25) is 0 Å². The van der Waals surface area contributed by atoms with Gasteiger partial charge in [0.2, 0.25) is 11.8 Å². The largest absolute Gasteiger partial charge is 0.496 e. The van der Waals surface area contributed by atoms with E-state index in [1.807, 2.05) is 18.2 Å². The summed E-state index contributed by atoms with van der Waals surface area (Å²) in [6.45, 7) is -0.197. The zero-order chi connectivity index (χ0) is 25.4. The quantitative estimate of drug-likeness (QED) is 0.432. The highest BCUT2D eigenvalue weighted by atomic mass is 16.5. The molecule has 2 bridgehead atoms. The van der Waals surface area contributed by atoms with E-state index < -0.39 is 36.3 Å². The highest BCUT2D eigenvalue weighted by Crippen LogP contribution is 2.41. The molecule has 2 aromatic rings. The molecule has 36 heavy (non-hydrogen) atoms. The maximum atomic E-state index is 13.8. The predicted octanol–water partition coefficient (Wildman–Crippen LogP) is 1.13. The number of nitrogens with one attached hydrogen (secondary N) is 3. The Bertz CT molecular complexity index is 1180. The summed E-state index contributed by atoms with van der Waals surface area (Å²) in [5.41, 5.74) is 1.15. The number of rotatable bonds is 8. The number of aliphatic hydroxyl groups is 1. The summed E-state index contributed by atoms with van der Waals surface area (Å²) in [6.07, 6.45) is 4.02. The number of hydrogen-bond donors (Lipinski definition) is 4. The first-order valence-electron chi connectivity index (χ1n) is 12.6. The Morgan fingerprint density at radius 3 is 2.64 bits per heavy atom. The number of aliphatic hydroxyl groups excluding tert-OH is 1. The maximum absolute atomic E-state index is 13.8. The van der Waals surface area contributed by atoms with Crippen molar-refractivity contribution in [3.05, 3.63) is 30.0 Å². The van der Waals surface area contributed by atoms with Crippen molar-refractivity contribution in [2.24, 2.45) is 11.8 Å². The summed E-state index contributed by atoms with van der Waals surface area (Å²) in [4.78, 5) is 56.8. The van der Waals surface area contributed by atoms with Crippen molar-refractivity contribution in [1.29, 1.82) is 0 Å². The van der Waals surface area contributed by atoms with Crippen LogP contribution in [0, 0.1) is 11.8 Å². The number of hydrogen-bond acceptors (Lipinski definition) is 6. The van der Waals surface area contributed by atoms with Gasteiger partial charge in [-0.25, -0.2) is 0 Å². The minimum atomic E-state index is -0.980. The molecule has 1 aromatic carbocycles. The van der Waals surface area contributed by atoms with Crippen molar-refractivity contribution < 1.29 is 29.0 Å². The van der Waals surface area contributed by atoms with Gasteiger partial charge in [-0.1, -0.05) is 6.07 Å². The second-order valence-electron chi connectivity index (χ2n) is 10.0. The summed E-state index contributed by atoms with van der Waals surface area (Å²) >= 11 is 0. The summed E-state index contributed by atoms with van der Waals surface area (Å²) in [7, 11) is 1.58. The molecule has 1 aliphatic carbocycles. The molecule has 1 saturated carbocycles. The van der Waals surface area contributed by atoms with Crippen molar-refractivity contribution >= 4 is 34.4 Å². The van der Waals surface area contributed by atoms with E-state index in [4.69, 9.17) is 4.74 Å². The van der Waals surface area contributed by atoms with Crippen LogP contribution < -0.4 is 15.4 Å². The normalized spacial score (nSPS) is 26.1. The number of benzene rings is 1. The molecule has 192 valence electrons. The molecular formula is C26H32N4O6. The van der Waals surface area contributed by atoms with Gasteiger partial charge in [0.1, 0.15) is 24.1 Å². The Hall–Kier alpha value is -3.40. The Morgan fingerprint density at radius 2 is 1.97 bits per heavy atom. The van der Waals surface area contributed by atoms with E-state index in [0.29, 0.717) is 24.4 Å².